The summed E-state index contributed by atoms with van der Waals surface area (Å²) in [7, 11) is 1.66. The molecule has 1 N–H and O–H groups in total. The van der Waals surface area contributed by atoms with Crippen LogP contribution >= 0.6 is 11.6 Å². The van der Waals surface area contributed by atoms with Crippen LogP contribution in [0.4, 0.5) is 10.1 Å². The van der Waals surface area contributed by atoms with Gasteiger partial charge in [0, 0.05) is 74.5 Å². The molecule has 1 saturated heterocycles. The summed E-state index contributed by atoms with van der Waals surface area (Å²) in [5.74, 6) is -0.552. The number of benzene rings is 2. The average Bonchev–Trinajstić information content (AvgIpc) is 3.23. The van der Waals surface area contributed by atoms with Crippen molar-refractivity contribution in [1.29, 1.82) is 0 Å². The molecule has 1 fully saturated rings. The summed E-state index contributed by atoms with van der Waals surface area (Å²) in [6.45, 7) is 8.07. The van der Waals surface area contributed by atoms with E-state index in [0.717, 1.165) is 31.9 Å². The summed E-state index contributed by atoms with van der Waals surface area (Å²) >= 11 is 6.52. The van der Waals surface area contributed by atoms with Crippen molar-refractivity contribution in [2.24, 2.45) is 7.05 Å². The zero-order valence-corrected chi connectivity index (χ0v) is 21.8. The number of phenols is 1. The molecular weight excluding hydrogens is 493 g/mol. The first-order valence-electron chi connectivity index (χ1n) is 12.2. The van der Waals surface area contributed by atoms with Gasteiger partial charge in [0.1, 0.15) is 11.6 Å². The molecular formula is C28H29ClFN5O2. The van der Waals surface area contributed by atoms with Crippen molar-refractivity contribution in [2.45, 2.75) is 19.9 Å². The largest absolute Gasteiger partial charge is 0.507 e. The molecule has 5 rings (SSSR count). The van der Waals surface area contributed by atoms with E-state index >= 15 is 0 Å². The Bertz CT molecular complexity index is 1500. The van der Waals surface area contributed by atoms with E-state index in [9.17, 15) is 14.3 Å². The zero-order valence-electron chi connectivity index (χ0n) is 21.0. The highest BCUT2D eigenvalue weighted by Crippen LogP contribution is 2.41. The van der Waals surface area contributed by atoms with Crippen LogP contribution in [0.15, 0.2) is 66.0 Å². The number of halogens is 2. The van der Waals surface area contributed by atoms with Crippen molar-refractivity contribution in [3.05, 3.63) is 82.5 Å². The minimum absolute atomic E-state index is 0.0642. The smallest absolute Gasteiger partial charge is 0.332 e. The number of phenolic OH excluding ortho intramolecular Hbond substituents is 1. The Hall–Kier alpha value is -3.62. The van der Waals surface area contributed by atoms with Gasteiger partial charge in [-0.3, -0.25) is 14.5 Å². The minimum atomic E-state index is -0.488. The van der Waals surface area contributed by atoms with E-state index in [2.05, 4.69) is 28.6 Å². The Balaban J connectivity index is 1.48. The Morgan fingerprint density at radius 2 is 1.68 bits per heavy atom. The van der Waals surface area contributed by atoms with Gasteiger partial charge < -0.3 is 14.6 Å². The maximum atomic E-state index is 14.8. The third-order valence-corrected chi connectivity index (χ3v) is 7.29. The van der Waals surface area contributed by atoms with Gasteiger partial charge in [-0.2, -0.15) is 0 Å². The molecule has 192 valence electrons. The molecule has 4 aromatic rings. The second-order valence-corrected chi connectivity index (χ2v) is 10.0. The predicted molar refractivity (Wildman–Crippen MR) is 145 cm³/mol. The van der Waals surface area contributed by atoms with Gasteiger partial charge in [-0.1, -0.05) is 17.7 Å². The molecule has 1 aliphatic rings. The number of aryl methyl sites for hydroxylation is 1. The average molecular weight is 522 g/mol. The number of hydrogen-bond donors (Lipinski definition) is 1. The minimum Gasteiger partial charge on any atom is -0.507 e. The van der Waals surface area contributed by atoms with Crippen LogP contribution in [0.1, 0.15) is 13.8 Å². The summed E-state index contributed by atoms with van der Waals surface area (Å²) < 4.78 is 17.7. The van der Waals surface area contributed by atoms with E-state index in [0.29, 0.717) is 39.0 Å². The van der Waals surface area contributed by atoms with E-state index in [4.69, 9.17) is 11.6 Å². The fourth-order valence-corrected chi connectivity index (χ4v) is 5.07. The quantitative estimate of drug-likeness (QED) is 0.403. The molecule has 0 bridgehead atoms. The van der Waals surface area contributed by atoms with Crippen molar-refractivity contribution in [1.82, 2.24) is 19.0 Å². The molecule has 0 saturated carbocycles. The number of nitrogens with zero attached hydrogens (tertiary/aromatic N) is 5. The molecule has 2 aromatic carbocycles. The number of hydrogen-bond acceptors (Lipinski definition) is 5. The van der Waals surface area contributed by atoms with Gasteiger partial charge in [0.2, 0.25) is 0 Å². The maximum absolute atomic E-state index is 14.8. The number of rotatable bonds is 5. The summed E-state index contributed by atoms with van der Waals surface area (Å²) in [5, 5.41) is 11.5. The van der Waals surface area contributed by atoms with Gasteiger partial charge in [0.05, 0.1) is 22.6 Å². The molecule has 1 aliphatic heterocycles. The zero-order chi connectivity index (χ0) is 26.3. The number of aromatic nitrogens is 3. The van der Waals surface area contributed by atoms with Gasteiger partial charge >= 0.3 is 5.69 Å². The fraction of sp³-hybridized carbons (Fsp3) is 0.286. The van der Waals surface area contributed by atoms with Crippen molar-refractivity contribution in [3.8, 4) is 33.7 Å². The highest BCUT2D eigenvalue weighted by molar-refractivity contribution is 6.32. The molecule has 9 heteroatoms. The summed E-state index contributed by atoms with van der Waals surface area (Å²) in [6.07, 6.45) is 6.70. The molecule has 0 amide bonds. The summed E-state index contributed by atoms with van der Waals surface area (Å²) in [5.41, 5.74) is 3.02. The van der Waals surface area contributed by atoms with Gasteiger partial charge in [0.25, 0.3) is 0 Å². The van der Waals surface area contributed by atoms with Crippen LogP contribution < -0.4 is 10.6 Å². The first kappa shape index (κ1) is 25.0. The Kier molecular flexibility index (Phi) is 6.79. The van der Waals surface area contributed by atoms with E-state index in [1.54, 1.807) is 50.0 Å². The number of imidazole rings is 1. The van der Waals surface area contributed by atoms with Crippen molar-refractivity contribution < 1.29 is 9.50 Å². The molecule has 0 aliphatic carbocycles. The second-order valence-electron chi connectivity index (χ2n) is 9.63. The fourth-order valence-electron chi connectivity index (χ4n) is 4.80. The number of piperazine rings is 1. The number of pyridine rings is 1. The van der Waals surface area contributed by atoms with Gasteiger partial charge in [-0.05, 0) is 49.7 Å². The lowest BCUT2D eigenvalue weighted by Gasteiger charge is -2.38. The molecule has 0 atom stereocenters. The van der Waals surface area contributed by atoms with Gasteiger partial charge in [-0.25, -0.2) is 9.18 Å². The lowest BCUT2D eigenvalue weighted by atomic mass is 9.97. The lowest BCUT2D eigenvalue weighted by molar-refractivity contribution is 0.209. The first-order chi connectivity index (χ1) is 17.7. The molecule has 2 aromatic heterocycles. The number of anilines is 1. The van der Waals surface area contributed by atoms with E-state index in [1.807, 2.05) is 6.07 Å². The van der Waals surface area contributed by atoms with Crippen LogP contribution in [-0.2, 0) is 7.05 Å². The SMILES string of the molecule is CC(C)N1CCN(c2cncc(-c3cc(F)cc(-c4ccc(-n5ccn(C)c5=O)c(Cl)c4)c3O)c2)CC1. The third-order valence-electron chi connectivity index (χ3n) is 6.98. The lowest BCUT2D eigenvalue weighted by Crippen LogP contribution is -2.48. The van der Waals surface area contributed by atoms with Crippen LogP contribution in [0.2, 0.25) is 5.02 Å². The topological polar surface area (TPSA) is 66.5 Å². The highest BCUT2D eigenvalue weighted by Gasteiger charge is 2.21. The standard InChI is InChI=1S/C28H29ClFN5O2/c1-18(2)33-7-9-34(10-8-33)22-12-20(16-31-17-22)24-15-21(30)14-23(27(24)36)19-4-5-26(25(29)13-19)35-11-6-32(3)28(35)37/h4-6,11-18,36H,7-10H2,1-3H3. The van der Waals surface area contributed by atoms with Crippen LogP contribution in [0.3, 0.4) is 0 Å². The highest BCUT2D eigenvalue weighted by atomic mass is 35.5. The maximum Gasteiger partial charge on any atom is 0.332 e. The van der Waals surface area contributed by atoms with Crippen LogP contribution in [0.25, 0.3) is 27.9 Å². The molecule has 7 nitrogen and oxygen atoms in total. The Labute approximate surface area is 220 Å². The summed E-state index contributed by atoms with van der Waals surface area (Å²) in [6, 6.07) is 10.1. The van der Waals surface area contributed by atoms with Gasteiger partial charge in [0.15, 0.2) is 0 Å². The van der Waals surface area contributed by atoms with E-state index in [-0.39, 0.29) is 11.4 Å². The van der Waals surface area contributed by atoms with Crippen molar-refractivity contribution in [2.75, 3.05) is 31.1 Å². The van der Waals surface area contributed by atoms with Crippen LogP contribution in [0, 0.1) is 5.82 Å². The second kappa shape index (κ2) is 10.0. The third kappa shape index (κ3) is 4.86. The summed E-state index contributed by atoms with van der Waals surface area (Å²) in [4.78, 5) is 21.4. The molecule has 0 spiro atoms. The predicted octanol–water partition coefficient (Wildman–Crippen LogP) is 4.93. The molecule has 0 unspecified atom stereocenters. The normalized spacial score (nSPS) is 14.5. The molecule has 0 radical (unpaired) electrons. The monoisotopic (exact) mass is 521 g/mol. The Morgan fingerprint density at radius 1 is 0.973 bits per heavy atom. The van der Waals surface area contributed by atoms with Crippen LogP contribution in [0.5, 0.6) is 5.75 Å². The van der Waals surface area contributed by atoms with Crippen molar-refractivity contribution >= 4 is 17.3 Å². The first-order valence-corrected chi connectivity index (χ1v) is 12.6. The van der Waals surface area contributed by atoms with Crippen molar-refractivity contribution in [3.63, 3.8) is 0 Å². The van der Waals surface area contributed by atoms with Gasteiger partial charge in [-0.15, -0.1) is 0 Å². The van der Waals surface area contributed by atoms with E-state index in [1.165, 1.54) is 21.3 Å². The Morgan fingerprint density at radius 3 is 2.30 bits per heavy atom. The van der Waals surface area contributed by atoms with Crippen LogP contribution in [-0.4, -0.2) is 56.3 Å². The molecule has 37 heavy (non-hydrogen) atoms. The molecule has 3 heterocycles. The number of aromatic hydroxyl groups is 1. The van der Waals surface area contributed by atoms with E-state index < -0.39 is 5.82 Å².